The number of hydrogen-bond donors (Lipinski definition) is 2. The van der Waals surface area contributed by atoms with Gasteiger partial charge in [0.25, 0.3) is 0 Å². The Morgan fingerprint density at radius 1 is 1.05 bits per heavy atom. The summed E-state index contributed by atoms with van der Waals surface area (Å²) in [5.74, 6) is 1.19. The van der Waals surface area contributed by atoms with E-state index in [1.807, 2.05) is 4.90 Å². The number of piperazine rings is 1. The Labute approximate surface area is 127 Å². The van der Waals surface area contributed by atoms with E-state index in [4.69, 9.17) is 4.99 Å². The van der Waals surface area contributed by atoms with Gasteiger partial charge >= 0.3 is 0 Å². The first kappa shape index (κ1) is 14.6. The summed E-state index contributed by atoms with van der Waals surface area (Å²) in [4.78, 5) is 20.3. The molecule has 0 radical (unpaired) electrons. The van der Waals surface area contributed by atoms with Crippen molar-refractivity contribution in [3.05, 3.63) is 0 Å². The van der Waals surface area contributed by atoms with Gasteiger partial charge in [0.15, 0.2) is 5.96 Å². The Morgan fingerprint density at radius 3 is 2.10 bits per heavy atom. The third-order valence-electron chi connectivity index (χ3n) is 4.34. The molecule has 0 aromatic heterocycles. The molecular formula is C15H27N5O. The Balaban J connectivity index is 1.38. The number of carbonyl (C=O) groups is 1. The second kappa shape index (κ2) is 6.64. The predicted octanol–water partition coefficient (Wildman–Crippen LogP) is 0.0105. The summed E-state index contributed by atoms with van der Waals surface area (Å²) in [7, 11) is 0. The molecule has 1 heterocycles. The van der Waals surface area contributed by atoms with Crippen molar-refractivity contribution < 1.29 is 4.79 Å². The SMILES string of the molecule is CC(=O)N1CCN(CCN=C(NC2CC2)NC2CC2)CC1. The third kappa shape index (κ3) is 4.88. The van der Waals surface area contributed by atoms with Gasteiger partial charge in [0, 0.05) is 51.7 Å². The minimum absolute atomic E-state index is 0.192. The topological polar surface area (TPSA) is 60.0 Å². The maximum Gasteiger partial charge on any atom is 0.219 e. The predicted molar refractivity (Wildman–Crippen MR) is 83.3 cm³/mol. The van der Waals surface area contributed by atoms with Gasteiger partial charge < -0.3 is 15.5 Å². The van der Waals surface area contributed by atoms with Crippen LogP contribution in [0.5, 0.6) is 0 Å². The highest BCUT2D eigenvalue weighted by atomic mass is 16.2. The summed E-state index contributed by atoms with van der Waals surface area (Å²) in [6, 6.07) is 1.29. The molecule has 1 amide bonds. The lowest BCUT2D eigenvalue weighted by Gasteiger charge is -2.33. The fourth-order valence-electron chi connectivity index (χ4n) is 2.56. The molecule has 0 spiro atoms. The minimum atomic E-state index is 0.192. The zero-order valence-electron chi connectivity index (χ0n) is 13.0. The number of nitrogens with one attached hydrogen (secondary N) is 2. The number of aliphatic imine (C=N–C) groups is 1. The van der Waals surface area contributed by atoms with E-state index in [-0.39, 0.29) is 5.91 Å². The normalized spacial score (nSPS) is 22.8. The summed E-state index contributed by atoms with van der Waals surface area (Å²) in [6.07, 6.45) is 5.10. The molecule has 21 heavy (non-hydrogen) atoms. The molecule has 3 rings (SSSR count). The lowest BCUT2D eigenvalue weighted by atomic mass is 10.3. The highest BCUT2D eigenvalue weighted by Crippen LogP contribution is 2.21. The van der Waals surface area contributed by atoms with Gasteiger partial charge in [0.1, 0.15) is 0 Å². The molecule has 2 N–H and O–H groups in total. The van der Waals surface area contributed by atoms with Gasteiger partial charge in [-0.05, 0) is 25.7 Å². The van der Waals surface area contributed by atoms with E-state index in [0.29, 0.717) is 12.1 Å². The first-order valence-corrected chi connectivity index (χ1v) is 8.26. The van der Waals surface area contributed by atoms with E-state index >= 15 is 0 Å². The molecule has 2 aliphatic carbocycles. The van der Waals surface area contributed by atoms with E-state index in [1.165, 1.54) is 25.7 Å². The molecule has 3 fully saturated rings. The van der Waals surface area contributed by atoms with Crippen molar-refractivity contribution in [2.75, 3.05) is 39.3 Å². The van der Waals surface area contributed by atoms with Crippen LogP contribution >= 0.6 is 0 Å². The Morgan fingerprint density at radius 2 is 1.62 bits per heavy atom. The highest BCUT2D eigenvalue weighted by Gasteiger charge is 2.26. The molecule has 6 heteroatoms. The molecule has 0 aromatic carbocycles. The smallest absolute Gasteiger partial charge is 0.219 e. The van der Waals surface area contributed by atoms with Gasteiger partial charge in [-0.25, -0.2) is 0 Å². The molecular weight excluding hydrogens is 266 g/mol. The van der Waals surface area contributed by atoms with E-state index in [1.54, 1.807) is 6.92 Å². The Kier molecular flexibility index (Phi) is 4.63. The summed E-state index contributed by atoms with van der Waals surface area (Å²) in [5, 5.41) is 6.98. The molecule has 1 aliphatic heterocycles. The van der Waals surface area contributed by atoms with Gasteiger partial charge in [0.05, 0.1) is 6.54 Å². The summed E-state index contributed by atoms with van der Waals surface area (Å²) < 4.78 is 0. The second-order valence-electron chi connectivity index (χ2n) is 6.42. The average Bonchev–Trinajstić information content (AvgIpc) is 3.35. The number of rotatable bonds is 5. The lowest BCUT2D eigenvalue weighted by molar-refractivity contribution is -0.130. The standard InChI is InChI=1S/C15H27N5O/c1-12(21)20-10-8-19(9-11-20)7-6-16-15(17-13-2-3-13)18-14-4-5-14/h13-14H,2-11H2,1H3,(H2,16,17,18). The van der Waals surface area contributed by atoms with Crippen LogP contribution in [0.25, 0.3) is 0 Å². The maximum absolute atomic E-state index is 11.3. The van der Waals surface area contributed by atoms with Crippen molar-refractivity contribution in [3.63, 3.8) is 0 Å². The average molecular weight is 293 g/mol. The van der Waals surface area contributed by atoms with Gasteiger partial charge in [-0.2, -0.15) is 0 Å². The van der Waals surface area contributed by atoms with E-state index in [2.05, 4.69) is 15.5 Å². The van der Waals surface area contributed by atoms with Crippen molar-refractivity contribution in [2.45, 2.75) is 44.7 Å². The molecule has 6 nitrogen and oxygen atoms in total. The van der Waals surface area contributed by atoms with Crippen molar-refractivity contribution >= 4 is 11.9 Å². The first-order valence-electron chi connectivity index (χ1n) is 8.26. The zero-order chi connectivity index (χ0) is 14.7. The van der Waals surface area contributed by atoms with Crippen molar-refractivity contribution in [1.29, 1.82) is 0 Å². The molecule has 0 aromatic rings. The van der Waals surface area contributed by atoms with Crippen molar-refractivity contribution in [3.8, 4) is 0 Å². The van der Waals surface area contributed by atoms with Crippen molar-refractivity contribution in [2.24, 2.45) is 4.99 Å². The van der Waals surface area contributed by atoms with Crippen LogP contribution in [0, 0.1) is 0 Å². The van der Waals surface area contributed by atoms with Gasteiger partial charge in [-0.1, -0.05) is 0 Å². The van der Waals surface area contributed by atoms with Crippen LogP contribution in [0.2, 0.25) is 0 Å². The van der Waals surface area contributed by atoms with Crippen LogP contribution in [0.1, 0.15) is 32.6 Å². The van der Waals surface area contributed by atoms with Crippen molar-refractivity contribution in [1.82, 2.24) is 20.4 Å². The van der Waals surface area contributed by atoms with Gasteiger partial charge in [0.2, 0.25) is 5.91 Å². The summed E-state index contributed by atoms with van der Waals surface area (Å²) >= 11 is 0. The molecule has 0 bridgehead atoms. The molecule has 1 saturated heterocycles. The van der Waals surface area contributed by atoms with Crippen LogP contribution in [-0.2, 0) is 4.79 Å². The first-order chi connectivity index (χ1) is 10.2. The fraction of sp³-hybridized carbons (Fsp3) is 0.867. The minimum Gasteiger partial charge on any atom is -0.354 e. The Bertz CT molecular complexity index is 379. The molecule has 118 valence electrons. The molecule has 0 unspecified atom stereocenters. The fourth-order valence-corrected chi connectivity index (χ4v) is 2.56. The Hall–Kier alpha value is -1.30. The second-order valence-corrected chi connectivity index (χ2v) is 6.42. The quantitative estimate of drug-likeness (QED) is 0.554. The zero-order valence-corrected chi connectivity index (χ0v) is 13.0. The van der Waals surface area contributed by atoms with Crippen LogP contribution in [0.15, 0.2) is 4.99 Å². The molecule has 0 atom stereocenters. The third-order valence-corrected chi connectivity index (χ3v) is 4.34. The molecule has 3 aliphatic rings. The van der Waals surface area contributed by atoms with E-state index in [9.17, 15) is 4.79 Å². The van der Waals surface area contributed by atoms with Gasteiger partial charge in [-0.15, -0.1) is 0 Å². The van der Waals surface area contributed by atoms with Crippen LogP contribution in [-0.4, -0.2) is 73.0 Å². The molecule has 2 saturated carbocycles. The highest BCUT2D eigenvalue weighted by molar-refractivity contribution is 5.81. The number of nitrogens with zero attached hydrogens (tertiary/aromatic N) is 3. The monoisotopic (exact) mass is 293 g/mol. The summed E-state index contributed by atoms with van der Waals surface area (Å²) in [5.41, 5.74) is 0. The largest absolute Gasteiger partial charge is 0.354 e. The van der Waals surface area contributed by atoms with E-state index in [0.717, 1.165) is 45.2 Å². The number of carbonyl (C=O) groups excluding carboxylic acids is 1. The number of guanidine groups is 1. The van der Waals surface area contributed by atoms with Gasteiger partial charge in [-0.3, -0.25) is 14.7 Å². The van der Waals surface area contributed by atoms with E-state index < -0.39 is 0 Å². The number of hydrogen-bond acceptors (Lipinski definition) is 3. The lowest BCUT2D eigenvalue weighted by Crippen LogP contribution is -2.48. The number of amides is 1. The van der Waals surface area contributed by atoms with Crippen LogP contribution in [0.3, 0.4) is 0 Å². The van der Waals surface area contributed by atoms with Crippen LogP contribution < -0.4 is 10.6 Å². The van der Waals surface area contributed by atoms with Crippen LogP contribution in [0.4, 0.5) is 0 Å². The summed E-state index contributed by atoms with van der Waals surface area (Å²) in [6.45, 7) is 7.11. The maximum atomic E-state index is 11.3.